The van der Waals surface area contributed by atoms with Gasteiger partial charge in [-0.15, -0.1) is 0 Å². The van der Waals surface area contributed by atoms with Crippen LogP contribution in [0.3, 0.4) is 0 Å². The summed E-state index contributed by atoms with van der Waals surface area (Å²) in [5.74, 6) is -0.839. The molecule has 2 aliphatic heterocycles. The van der Waals surface area contributed by atoms with Crippen molar-refractivity contribution in [2.24, 2.45) is 5.92 Å². The predicted molar refractivity (Wildman–Crippen MR) is 116 cm³/mol. The summed E-state index contributed by atoms with van der Waals surface area (Å²) < 4.78 is 19.6. The number of carbonyl (C=O) groups is 2. The first-order chi connectivity index (χ1) is 15.0. The molecular weight excluding hydrogens is 419 g/mol. The predicted octanol–water partition coefficient (Wildman–Crippen LogP) is 3.14. The van der Waals surface area contributed by atoms with Crippen LogP contribution in [-0.2, 0) is 4.74 Å². The number of nitro benzene ring substituents is 1. The maximum Gasteiger partial charge on any atom is 0.410 e. The molecular formula is C22H31FN4O5. The van der Waals surface area contributed by atoms with Gasteiger partial charge >= 0.3 is 6.09 Å². The highest BCUT2D eigenvalue weighted by atomic mass is 19.1. The topological polar surface area (TPSA) is 96.2 Å². The molecule has 10 heteroatoms. The number of rotatable bonds is 4. The standard InChI is InChI=1S/C22H31FN4O5/c1-22(2,3)32-21(29)26-8-6-16(7-9-26)15-24-10-12-25(13-11-24)20(28)18-5-4-17(27(30)31)14-19(18)23/h4-5,14,16H,6-13,15H2,1-3H3. The zero-order chi connectivity index (χ0) is 23.5. The van der Waals surface area contributed by atoms with Gasteiger partial charge in [-0.3, -0.25) is 19.8 Å². The molecule has 0 atom stereocenters. The molecule has 2 aliphatic rings. The monoisotopic (exact) mass is 450 g/mol. The lowest BCUT2D eigenvalue weighted by Gasteiger charge is -2.39. The molecule has 0 saturated carbocycles. The van der Waals surface area contributed by atoms with Crippen LogP contribution < -0.4 is 0 Å². The van der Waals surface area contributed by atoms with Gasteiger partial charge in [0.2, 0.25) is 0 Å². The summed E-state index contributed by atoms with van der Waals surface area (Å²) in [6.45, 7) is 10.2. The van der Waals surface area contributed by atoms with Gasteiger partial charge in [0, 0.05) is 51.9 Å². The summed E-state index contributed by atoms with van der Waals surface area (Å²) in [5.41, 5.74) is -1.01. The molecule has 0 radical (unpaired) electrons. The molecule has 2 amide bonds. The van der Waals surface area contributed by atoms with Crippen LogP contribution in [0.25, 0.3) is 0 Å². The molecule has 1 aromatic carbocycles. The summed E-state index contributed by atoms with van der Waals surface area (Å²) in [7, 11) is 0. The van der Waals surface area contributed by atoms with Crippen molar-refractivity contribution in [2.45, 2.75) is 39.2 Å². The fourth-order valence-electron chi connectivity index (χ4n) is 4.08. The largest absolute Gasteiger partial charge is 0.444 e. The zero-order valence-corrected chi connectivity index (χ0v) is 18.9. The SMILES string of the molecule is CC(C)(C)OC(=O)N1CCC(CN2CCN(C(=O)c3ccc([N+](=O)[O-])cc3F)CC2)CC1. The Hall–Kier alpha value is -2.75. The summed E-state index contributed by atoms with van der Waals surface area (Å²) in [4.78, 5) is 40.6. The van der Waals surface area contributed by atoms with Crippen molar-refractivity contribution in [3.8, 4) is 0 Å². The Morgan fingerprint density at radius 2 is 1.72 bits per heavy atom. The number of hydrogen-bond acceptors (Lipinski definition) is 6. The van der Waals surface area contributed by atoms with Gasteiger partial charge in [0.05, 0.1) is 16.6 Å². The second-order valence-corrected chi connectivity index (χ2v) is 9.42. The van der Waals surface area contributed by atoms with E-state index in [9.17, 15) is 24.1 Å². The van der Waals surface area contributed by atoms with Crippen molar-refractivity contribution in [3.63, 3.8) is 0 Å². The number of halogens is 1. The summed E-state index contributed by atoms with van der Waals surface area (Å²) in [6, 6.07) is 3.12. The average molecular weight is 451 g/mol. The van der Waals surface area contributed by atoms with E-state index in [2.05, 4.69) is 4.90 Å². The van der Waals surface area contributed by atoms with Gasteiger partial charge in [0.1, 0.15) is 11.4 Å². The highest BCUT2D eigenvalue weighted by molar-refractivity contribution is 5.94. The number of piperazine rings is 1. The number of non-ortho nitro benzene ring substituents is 1. The number of nitrogens with zero attached hydrogens (tertiary/aromatic N) is 4. The number of ether oxygens (including phenoxy) is 1. The van der Waals surface area contributed by atoms with E-state index < -0.39 is 22.2 Å². The lowest BCUT2D eigenvalue weighted by atomic mass is 9.96. The highest BCUT2D eigenvalue weighted by Crippen LogP contribution is 2.22. The minimum absolute atomic E-state index is 0.140. The molecule has 32 heavy (non-hydrogen) atoms. The Labute approximate surface area is 187 Å². The van der Waals surface area contributed by atoms with Gasteiger partial charge in [0.25, 0.3) is 11.6 Å². The first-order valence-electron chi connectivity index (χ1n) is 11.0. The van der Waals surface area contributed by atoms with E-state index in [0.717, 1.165) is 31.5 Å². The van der Waals surface area contributed by atoms with Crippen molar-refractivity contribution in [3.05, 3.63) is 39.7 Å². The van der Waals surface area contributed by atoms with Crippen molar-refractivity contribution in [1.82, 2.24) is 14.7 Å². The molecule has 0 aromatic heterocycles. The number of carbonyl (C=O) groups excluding carboxylic acids is 2. The Kier molecular flexibility index (Phi) is 7.33. The van der Waals surface area contributed by atoms with Crippen molar-refractivity contribution < 1.29 is 23.6 Å². The van der Waals surface area contributed by atoms with Crippen LogP contribution >= 0.6 is 0 Å². The smallest absolute Gasteiger partial charge is 0.410 e. The van der Waals surface area contributed by atoms with Gasteiger partial charge in [-0.25, -0.2) is 9.18 Å². The number of nitro groups is 1. The second kappa shape index (κ2) is 9.81. The quantitative estimate of drug-likeness (QED) is 0.517. The molecule has 2 heterocycles. The van der Waals surface area contributed by atoms with Crippen LogP contribution in [0.4, 0.5) is 14.9 Å². The van der Waals surface area contributed by atoms with Crippen LogP contribution in [0.15, 0.2) is 18.2 Å². The molecule has 0 unspecified atom stereocenters. The van der Waals surface area contributed by atoms with E-state index in [-0.39, 0.29) is 17.3 Å². The van der Waals surface area contributed by atoms with Gasteiger partial charge in [-0.1, -0.05) is 0 Å². The molecule has 0 bridgehead atoms. The molecule has 2 saturated heterocycles. The Balaban J connectivity index is 1.44. The van der Waals surface area contributed by atoms with Crippen LogP contribution in [0.2, 0.25) is 0 Å². The molecule has 1 aromatic rings. The third-order valence-electron chi connectivity index (χ3n) is 5.84. The minimum Gasteiger partial charge on any atom is -0.444 e. The van der Waals surface area contributed by atoms with Crippen molar-refractivity contribution in [1.29, 1.82) is 0 Å². The molecule has 176 valence electrons. The average Bonchev–Trinajstić information content (AvgIpc) is 2.73. The summed E-state index contributed by atoms with van der Waals surface area (Å²) in [6.07, 6.45) is 1.56. The first kappa shape index (κ1) is 23.9. The second-order valence-electron chi connectivity index (χ2n) is 9.42. The summed E-state index contributed by atoms with van der Waals surface area (Å²) in [5, 5.41) is 10.8. The van der Waals surface area contributed by atoms with Crippen LogP contribution in [-0.4, -0.2) is 83.0 Å². The molecule has 2 fully saturated rings. The lowest BCUT2D eigenvalue weighted by molar-refractivity contribution is -0.385. The van der Waals surface area contributed by atoms with E-state index in [0.29, 0.717) is 45.2 Å². The molecule has 0 aliphatic carbocycles. The number of amides is 2. The van der Waals surface area contributed by atoms with Crippen LogP contribution in [0, 0.1) is 21.8 Å². The Morgan fingerprint density at radius 3 is 2.25 bits per heavy atom. The lowest BCUT2D eigenvalue weighted by Crippen LogP contribution is -2.51. The van der Waals surface area contributed by atoms with E-state index in [1.165, 1.54) is 6.07 Å². The fraction of sp³-hybridized carbons (Fsp3) is 0.636. The summed E-state index contributed by atoms with van der Waals surface area (Å²) >= 11 is 0. The number of hydrogen-bond donors (Lipinski definition) is 0. The minimum atomic E-state index is -0.872. The number of likely N-dealkylation sites (tertiary alicyclic amines) is 1. The Morgan fingerprint density at radius 1 is 1.09 bits per heavy atom. The maximum atomic E-state index is 14.2. The molecule has 0 N–H and O–H groups in total. The number of benzene rings is 1. The zero-order valence-electron chi connectivity index (χ0n) is 18.9. The third kappa shape index (κ3) is 6.15. The van der Waals surface area contributed by atoms with Gasteiger partial charge in [-0.2, -0.15) is 0 Å². The third-order valence-corrected chi connectivity index (χ3v) is 5.84. The van der Waals surface area contributed by atoms with Crippen molar-refractivity contribution >= 4 is 17.7 Å². The molecule has 9 nitrogen and oxygen atoms in total. The molecule has 0 spiro atoms. The van der Waals surface area contributed by atoms with E-state index in [1.54, 1.807) is 9.80 Å². The highest BCUT2D eigenvalue weighted by Gasteiger charge is 2.30. The first-order valence-corrected chi connectivity index (χ1v) is 11.0. The van der Waals surface area contributed by atoms with Crippen LogP contribution in [0.1, 0.15) is 44.0 Å². The van der Waals surface area contributed by atoms with E-state index >= 15 is 0 Å². The van der Waals surface area contributed by atoms with Gasteiger partial charge in [0.15, 0.2) is 0 Å². The fourth-order valence-corrected chi connectivity index (χ4v) is 4.08. The van der Waals surface area contributed by atoms with Gasteiger partial charge in [-0.05, 0) is 45.6 Å². The Bertz CT molecular complexity index is 856. The number of piperidine rings is 1. The molecule has 3 rings (SSSR count). The van der Waals surface area contributed by atoms with E-state index in [1.807, 2.05) is 20.8 Å². The van der Waals surface area contributed by atoms with E-state index in [4.69, 9.17) is 4.74 Å². The van der Waals surface area contributed by atoms with Crippen LogP contribution in [0.5, 0.6) is 0 Å². The normalized spacial score (nSPS) is 18.5. The van der Waals surface area contributed by atoms with Crippen molar-refractivity contribution in [2.75, 3.05) is 45.8 Å². The van der Waals surface area contributed by atoms with Gasteiger partial charge < -0.3 is 14.5 Å². The maximum absolute atomic E-state index is 14.2.